The predicted molar refractivity (Wildman–Crippen MR) is 31.2 cm³/mol. The van der Waals surface area contributed by atoms with Crippen molar-refractivity contribution in [1.29, 1.82) is 0 Å². The third-order valence-corrected chi connectivity index (χ3v) is 2.95. The predicted octanol–water partition coefficient (Wildman–Crippen LogP) is 2.00. The van der Waals surface area contributed by atoms with Crippen LogP contribution in [-0.4, -0.2) is 12.3 Å². The zero-order valence-electron chi connectivity index (χ0n) is 4.39. The number of hydrogen-bond acceptors (Lipinski definition) is 1. The smallest absolute Gasteiger partial charge is 0.0718 e. The van der Waals surface area contributed by atoms with Crippen molar-refractivity contribution in [1.82, 2.24) is 0 Å². The summed E-state index contributed by atoms with van der Waals surface area (Å²) < 4.78 is 10.6. The lowest BCUT2D eigenvalue weighted by Crippen LogP contribution is -1.92. The highest BCUT2D eigenvalue weighted by Gasteiger charge is 2.05. The largest absolute Gasteiger partial charge is 0.287 e. The molecular formula is C5H10OP. The second kappa shape index (κ2) is 2.42. The molecule has 1 radical (unpaired) electrons. The molecule has 0 spiro atoms. The maximum Gasteiger partial charge on any atom is 0.0718 e. The fraction of sp³-hybridized carbons (Fsp3) is 1.00. The van der Waals surface area contributed by atoms with E-state index in [1.807, 2.05) is 0 Å². The van der Waals surface area contributed by atoms with E-state index in [1.54, 1.807) is 0 Å². The molecule has 0 aromatic heterocycles. The summed E-state index contributed by atoms with van der Waals surface area (Å²) in [4.78, 5) is 0. The molecule has 1 rings (SSSR count). The summed E-state index contributed by atoms with van der Waals surface area (Å²) in [6.45, 7) is 0. The van der Waals surface area contributed by atoms with Gasteiger partial charge in [-0.25, -0.2) is 0 Å². The first kappa shape index (κ1) is 5.24. The molecule has 0 N–H and O–H groups in total. The Morgan fingerprint density at radius 1 is 1.00 bits per heavy atom. The van der Waals surface area contributed by atoms with Crippen LogP contribution in [0.4, 0.5) is 0 Å². The summed E-state index contributed by atoms with van der Waals surface area (Å²) >= 11 is 0. The Morgan fingerprint density at radius 2 is 1.57 bits per heavy atom. The van der Waals surface area contributed by atoms with Gasteiger partial charge in [0.05, 0.1) is 7.80 Å². The number of hydrogen-bond donors (Lipinski definition) is 0. The Hall–Kier alpha value is 0.100. The van der Waals surface area contributed by atoms with E-state index in [1.165, 1.54) is 19.3 Å². The molecule has 1 heterocycles. The number of rotatable bonds is 0. The van der Waals surface area contributed by atoms with Crippen molar-refractivity contribution >= 4 is 7.80 Å². The fourth-order valence-corrected chi connectivity index (χ4v) is 2.24. The highest BCUT2D eigenvalue weighted by atomic mass is 31.1. The second-order valence-electron chi connectivity index (χ2n) is 1.99. The van der Waals surface area contributed by atoms with Crippen LogP contribution < -0.4 is 0 Å². The van der Waals surface area contributed by atoms with Crippen molar-refractivity contribution in [3.05, 3.63) is 0 Å². The molecule has 1 aliphatic heterocycles. The molecule has 1 aliphatic rings. The summed E-state index contributed by atoms with van der Waals surface area (Å²) in [7, 11) is -0.742. The van der Waals surface area contributed by atoms with Crippen molar-refractivity contribution < 1.29 is 4.57 Å². The highest BCUT2D eigenvalue weighted by molar-refractivity contribution is 7.44. The zero-order valence-corrected chi connectivity index (χ0v) is 5.29. The van der Waals surface area contributed by atoms with E-state index in [-0.39, 0.29) is 0 Å². The SMILES string of the molecule is O=[P]1CCCCC1. The summed E-state index contributed by atoms with van der Waals surface area (Å²) in [6, 6.07) is 0. The molecule has 0 saturated carbocycles. The summed E-state index contributed by atoms with van der Waals surface area (Å²) in [5, 5.41) is 0. The van der Waals surface area contributed by atoms with Gasteiger partial charge in [0.2, 0.25) is 0 Å². The lowest BCUT2D eigenvalue weighted by molar-refractivity contribution is 0.575. The Morgan fingerprint density at radius 3 is 1.86 bits per heavy atom. The van der Waals surface area contributed by atoms with Crippen molar-refractivity contribution in [2.24, 2.45) is 0 Å². The van der Waals surface area contributed by atoms with Crippen LogP contribution in [0.5, 0.6) is 0 Å². The van der Waals surface area contributed by atoms with Crippen LogP contribution in [0.1, 0.15) is 19.3 Å². The Labute approximate surface area is 44.9 Å². The third-order valence-electron chi connectivity index (χ3n) is 1.32. The minimum absolute atomic E-state index is 0.742. The van der Waals surface area contributed by atoms with E-state index in [0.29, 0.717) is 0 Å². The van der Waals surface area contributed by atoms with Crippen LogP contribution >= 0.6 is 7.80 Å². The van der Waals surface area contributed by atoms with E-state index in [2.05, 4.69) is 0 Å². The minimum atomic E-state index is -0.742. The van der Waals surface area contributed by atoms with Gasteiger partial charge in [-0.15, -0.1) is 0 Å². The average Bonchev–Trinajstić information content (AvgIpc) is 1.69. The molecule has 0 unspecified atom stereocenters. The van der Waals surface area contributed by atoms with Gasteiger partial charge in [0.15, 0.2) is 0 Å². The monoisotopic (exact) mass is 117 g/mol. The minimum Gasteiger partial charge on any atom is -0.287 e. The first-order chi connectivity index (χ1) is 3.39. The van der Waals surface area contributed by atoms with Gasteiger partial charge in [-0.2, -0.15) is 0 Å². The van der Waals surface area contributed by atoms with Crippen molar-refractivity contribution in [3.8, 4) is 0 Å². The molecule has 0 amide bonds. The van der Waals surface area contributed by atoms with Gasteiger partial charge >= 0.3 is 0 Å². The van der Waals surface area contributed by atoms with Crippen LogP contribution in [0.15, 0.2) is 0 Å². The van der Waals surface area contributed by atoms with E-state index in [4.69, 9.17) is 0 Å². The molecule has 41 valence electrons. The van der Waals surface area contributed by atoms with E-state index in [0.717, 1.165) is 12.3 Å². The lowest BCUT2D eigenvalue weighted by Gasteiger charge is -2.05. The molecular weight excluding hydrogens is 107 g/mol. The van der Waals surface area contributed by atoms with Crippen LogP contribution in [0.3, 0.4) is 0 Å². The van der Waals surface area contributed by atoms with Gasteiger partial charge in [-0.05, 0) is 12.8 Å². The molecule has 0 atom stereocenters. The van der Waals surface area contributed by atoms with E-state index >= 15 is 0 Å². The van der Waals surface area contributed by atoms with Crippen LogP contribution in [0, 0.1) is 0 Å². The first-order valence-electron chi connectivity index (χ1n) is 2.82. The van der Waals surface area contributed by atoms with E-state index < -0.39 is 7.80 Å². The summed E-state index contributed by atoms with van der Waals surface area (Å²) in [5.41, 5.74) is 0. The summed E-state index contributed by atoms with van der Waals surface area (Å²) in [5.74, 6) is 0. The molecule has 0 bridgehead atoms. The molecule has 0 aromatic carbocycles. The molecule has 0 aliphatic carbocycles. The molecule has 1 nitrogen and oxygen atoms in total. The Bertz CT molecular complexity index is 72.1. The van der Waals surface area contributed by atoms with Gasteiger partial charge in [0, 0.05) is 12.3 Å². The summed E-state index contributed by atoms with van der Waals surface area (Å²) in [6.07, 6.45) is 5.70. The van der Waals surface area contributed by atoms with Crippen molar-refractivity contribution in [2.45, 2.75) is 19.3 Å². The average molecular weight is 117 g/mol. The quantitative estimate of drug-likeness (QED) is 0.443. The van der Waals surface area contributed by atoms with Crippen LogP contribution in [-0.2, 0) is 4.57 Å². The zero-order chi connectivity index (χ0) is 5.11. The van der Waals surface area contributed by atoms with Gasteiger partial charge in [-0.3, -0.25) is 4.57 Å². The van der Waals surface area contributed by atoms with Gasteiger partial charge in [0.25, 0.3) is 0 Å². The third kappa shape index (κ3) is 1.56. The van der Waals surface area contributed by atoms with Crippen molar-refractivity contribution in [3.63, 3.8) is 0 Å². The first-order valence-corrected chi connectivity index (χ1v) is 4.45. The maximum absolute atomic E-state index is 10.6. The van der Waals surface area contributed by atoms with Gasteiger partial charge < -0.3 is 0 Å². The lowest BCUT2D eigenvalue weighted by atomic mass is 10.3. The highest BCUT2D eigenvalue weighted by Crippen LogP contribution is 2.28. The standard InChI is InChI=1S/C5H10OP/c6-7-4-2-1-3-5-7/h1-5H2. The van der Waals surface area contributed by atoms with Crippen molar-refractivity contribution in [2.75, 3.05) is 12.3 Å². The fourth-order valence-electron chi connectivity index (χ4n) is 0.865. The Kier molecular flexibility index (Phi) is 1.81. The van der Waals surface area contributed by atoms with Gasteiger partial charge in [0.1, 0.15) is 0 Å². The van der Waals surface area contributed by atoms with E-state index in [9.17, 15) is 4.57 Å². The second-order valence-corrected chi connectivity index (χ2v) is 3.85. The van der Waals surface area contributed by atoms with Gasteiger partial charge in [-0.1, -0.05) is 6.42 Å². The topological polar surface area (TPSA) is 17.1 Å². The Balaban J connectivity index is 2.25. The normalized spacial score (nSPS) is 22.6. The molecule has 0 aromatic rings. The molecule has 7 heavy (non-hydrogen) atoms. The van der Waals surface area contributed by atoms with Crippen LogP contribution in [0.2, 0.25) is 0 Å². The molecule has 2 heteroatoms. The maximum atomic E-state index is 10.6. The van der Waals surface area contributed by atoms with Crippen LogP contribution in [0.25, 0.3) is 0 Å². The molecule has 1 fully saturated rings. The molecule has 1 saturated heterocycles.